The minimum Gasteiger partial charge on any atom is -0.481 e. The molecule has 0 heterocycles. The third-order valence-electron chi connectivity index (χ3n) is 3.36. The largest absolute Gasteiger partial charge is 0.481 e. The Morgan fingerprint density at radius 1 is 1.15 bits per heavy atom. The second kappa shape index (κ2) is 8.38. The van der Waals surface area contributed by atoms with E-state index in [1.54, 1.807) is 6.07 Å². The minimum absolute atomic E-state index is 0.159. The van der Waals surface area contributed by atoms with Gasteiger partial charge >= 0.3 is 12.1 Å². The predicted octanol–water partition coefficient (Wildman–Crippen LogP) is 4.00. The highest BCUT2D eigenvalue weighted by Gasteiger charge is 2.32. The van der Waals surface area contributed by atoms with Crippen LogP contribution in [0.3, 0.4) is 0 Å². The van der Waals surface area contributed by atoms with Crippen molar-refractivity contribution in [3.8, 4) is 5.75 Å². The lowest BCUT2D eigenvalue weighted by Gasteiger charge is -2.14. The van der Waals surface area contributed by atoms with Gasteiger partial charge in [0.05, 0.1) is 11.1 Å². The fraction of sp³-hybridized carbons (Fsp3) is 0.176. The summed E-state index contributed by atoms with van der Waals surface area (Å²) in [7, 11) is 0. The number of alkyl halides is 3. The first kappa shape index (κ1) is 20.7. The number of ether oxygens (including phenoxy) is 1. The summed E-state index contributed by atoms with van der Waals surface area (Å²) in [6.07, 6.45) is -4.70. The summed E-state index contributed by atoms with van der Waals surface area (Å²) in [6, 6.07) is 6.26. The fourth-order valence-corrected chi connectivity index (χ4v) is 2.41. The van der Waals surface area contributed by atoms with Crippen molar-refractivity contribution in [2.24, 2.45) is 0 Å². The topological polar surface area (TPSA) is 75.6 Å². The lowest BCUT2D eigenvalue weighted by molar-refractivity contribution is -0.139. The molecule has 2 aromatic carbocycles. The van der Waals surface area contributed by atoms with E-state index >= 15 is 0 Å². The van der Waals surface area contributed by atoms with Crippen molar-refractivity contribution >= 4 is 27.8 Å². The number of carboxylic acid groups (broad SMARTS) is 1. The molecule has 5 nitrogen and oxygen atoms in total. The van der Waals surface area contributed by atoms with Crippen molar-refractivity contribution in [3.63, 3.8) is 0 Å². The summed E-state index contributed by atoms with van der Waals surface area (Å²) in [5, 5.41) is 11.0. The molecule has 0 aliphatic carbocycles. The van der Waals surface area contributed by atoms with Crippen LogP contribution in [0.25, 0.3) is 0 Å². The van der Waals surface area contributed by atoms with Crippen molar-refractivity contribution in [2.45, 2.75) is 12.7 Å². The van der Waals surface area contributed by atoms with Crippen LogP contribution in [0.5, 0.6) is 5.75 Å². The Bertz CT molecular complexity index is 870. The maximum atomic E-state index is 13.8. The van der Waals surface area contributed by atoms with Gasteiger partial charge in [0.2, 0.25) is 0 Å². The van der Waals surface area contributed by atoms with Gasteiger partial charge in [-0.15, -0.1) is 0 Å². The highest BCUT2D eigenvalue weighted by atomic mass is 79.9. The SMILES string of the molecule is O=C(O)COc1cc(C(F)(F)F)ccc1C(=O)NCc1ccc(Br)cc1F. The van der Waals surface area contributed by atoms with Gasteiger partial charge in [-0.05, 0) is 30.3 Å². The number of rotatable bonds is 6. The first-order chi connectivity index (χ1) is 12.6. The van der Waals surface area contributed by atoms with E-state index in [0.717, 1.165) is 6.07 Å². The maximum Gasteiger partial charge on any atom is 0.416 e. The summed E-state index contributed by atoms with van der Waals surface area (Å²) in [6.45, 7) is -1.15. The molecule has 10 heteroatoms. The Morgan fingerprint density at radius 3 is 2.44 bits per heavy atom. The van der Waals surface area contributed by atoms with E-state index in [-0.39, 0.29) is 17.7 Å². The molecular formula is C17H12BrF4NO4. The van der Waals surface area contributed by atoms with E-state index in [2.05, 4.69) is 21.2 Å². The van der Waals surface area contributed by atoms with E-state index in [1.165, 1.54) is 12.1 Å². The monoisotopic (exact) mass is 449 g/mol. The van der Waals surface area contributed by atoms with Gasteiger partial charge in [0.1, 0.15) is 11.6 Å². The number of carbonyl (C=O) groups excluding carboxylic acids is 1. The summed E-state index contributed by atoms with van der Waals surface area (Å²) in [5.41, 5.74) is -1.24. The average molecular weight is 450 g/mol. The molecule has 1 amide bonds. The maximum absolute atomic E-state index is 13.8. The zero-order chi connectivity index (χ0) is 20.2. The van der Waals surface area contributed by atoms with Gasteiger partial charge < -0.3 is 15.2 Å². The predicted molar refractivity (Wildman–Crippen MR) is 89.8 cm³/mol. The van der Waals surface area contributed by atoms with Gasteiger partial charge in [-0.25, -0.2) is 9.18 Å². The molecule has 0 saturated carbocycles. The van der Waals surface area contributed by atoms with Crippen molar-refractivity contribution in [1.82, 2.24) is 5.32 Å². The van der Waals surface area contributed by atoms with Crippen LogP contribution in [0.4, 0.5) is 17.6 Å². The average Bonchev–Trinajstić information content (AvgIpc) is 2.57. The van der Waals surface area contributed by atoms with Gasteiger partial charge in [-0.1, -0.05) is 22.0 Å². The summed E-state index contributed by atoms with van der Waals surface area (Å²) < 4.78 is 57.6. The smallest absolute Gasteiger partial charge is 0.416 e. The van der Waals surface area contributed by atoms with Gasteiger partial charge in [-0.2, -0.15) is 13.2 Å². The summed E-state index contributed by atoms with van der Waals surface area (Å²) >= 11 is 3.09. The van der Waals surface area contributed by atoms with Crippen LogP contribution in [-0.4, -0.2) is 23.6 Å². The van der Waals surface area contributed by atoms with Gasteiger partial charge in [0.15, 0.2) is 6.61 Å². The highest BCUT2D eigenvalue weighted by Crippen LogP contribution is 2.33. The van der Waals surface area contributed by atoms with Crippen LogP contribution in [0.1, 0.15) is 21.5 Å². The van der Waals surface area contributed by atoms with Gasteiger partial charge in [0.25, 0.3) is 5.91 Å². The molecule has 0 fully saturated rings. The molecule has 0 aromatic heterocycles. The standard InChI is InChI=1S/C17H12BrF4NO4/c18-11-3-1-9(13(19)6-11)7-23-16(26)12-4-2-10(17(20,21)22)5-14(12)27-8-15(24)25/h1-6H,7-8H2,(H,23,26)(H,24,25). The molecule has 2 N–H and O–H groups in total. The molecular weight excluding hydrogens is 438 g/mol. The molecule has 0 aliphatic heterocycles. The third-order valence-corrected chi connectivity index (χ3v) is 3.85. The summed E-state index contributed by atoms with van der Waals surface area (Å²) in [4.78, 5) is 22.9. The first-order valence-electron chi connectivity index (χ1n) is 7.36. The van der Waals surface area contributed by atoms with Gasteiger partial charge in [-0.3, -0.25) is 4.79 Å². The van der Waals surface area contributed by atoms with E-state index in [0.29, 0.717) is 16.6 Å². The summed E-state index contributed by atoms with van der Waals surface area (Å²) in [5.74, 6) is -3.39. The van der Waals surface area contributed by atoms with E-state index in [9.17, 15) is 27.2 Å². The van der Waals surface area contributed by atoms with E-state index in [4.69, 9.17) is 9.84 Å². The second-order valence-electron chi connectivity index (χ2n) is 5.31. The zero-order valence-electron chi connectivity index (χ0n) is 13.4. The third kappa shape index (κ3) is 5.68. The molecule has 0 aliphatic rings. The molecule has 27 heavy (non-hydrogen) atoms. The number of benzene rings is 2. The Hall–Kier alpha value is -2.62. The Labute approximate surface area is 159 Å². The normalized spacial score (nSPS) is 11.1. The number of hydrogen-bond donors (Lipinski definition) is 2. The van der Waals surface area contributed by atoms with Crippen LogP contribution in [0.15, 0.2) is 40.9 Å². The number of halogens is 5. The van der Waals surface area contributed by atoms with Crippen molar-refractivity contribution < 1.29 is 37.0 Å². The number of nitrogens with one attached hydrogen (secondary N) is 1. The van der Waals surface area contributed by atoms with Crippen LogP contribution >= 0.6 is 15.9 Å². The Balaban J connectivity index is 2.23. The molecule has 0 bridgehead atoms. The Kier molecular flexibility index (Phi) is 6.42. The molecule has 0 spiro atoms. The number of amides is 1. The van der Waals surface area contributed by atoms with Crippen LogP contribution in [-0.2, 0) is 17.5 Å². The second-order valence-corrected chi connectivity index (χ2v) is 6.23. The fourth-order valence-electron chi connectivity index (χ4n) is 2.08. The molecule has 144 valence electrons. The lowest BCUT2D eigenvalue weighted by Crippen LogP contribution is -2.25. The molecule has 0 saturated heterocycles. The van der Waals surface area contributed by atoms with Crippen molar-refractivity contribution in [3.05, 3.63) is 63.4 Å². The molecule has 0 unspecified atom stereocenters. The minimum atomic E-state index is -4.70. The van der Waals surface area contributed by atoms with E-state index < -0.39 is 41.8 Å². The molecule has 0 radical (unpaired) electrons. The van der Waals surface area contributed by atoms with Crippen LogP contribution in [0, 0.1) is 5.82 Å². The quantitative estimate of drug-likeness (QED) is 0.653. The molecule has 2 rings (SSSR count). The Morgan fingerprint density at radius 2 is 1.85 bits per heavy atom. The number of carbonyl (C=O) groups is 2. The van der Waals surface area contributed by atoms with Crippen LogP contribution < -0.4 is 10.1 Å². The lowest BCUT2D eigenvalue weighted by atomic mass is 10.1. The zero-order valence-corrected chi connectivity index (χ0v) is 15.0. The number of aliphatic carboxylic acids is 1. The van der Waals surface area contributed by atoms with Gasteiger partial charge in [0, 0.05) is 16.6 Å². The van der Waals surface area contributed by atoms with Crippen molar-refractivity contribution in [1.29, 1.82) is 0 Å². The first-order valence-corrected chi connectivity index (χ1v) is 8.15. The van der Waals surface area contributed by atoms with Crippen LogP contribution in [0.2, 0.25) is 0 Å². The van der Waals surface area contributed by atoms with Crippen molar-refractivity contribution in [2.75, 3.05) is 6.61 Å². The van der Waals surface area contributed by atoms with E-state index in [1.807, 2.05) is 0 Å². The molecule has 0 atom stereocenters. The molecule has 2 aromatic rings. The highest BCUT2D eigenvalue weighted by molar-refractivity contribution is 9.10. The number of hydrogen-bond acceptors (Lipinski definition) is 3. The number of carboxylic acids is 1.